The topological polar surface area (TPSA) is 70.7 Å². The highest BCUT2D eigenvalue weighted by Crippen LogP contribution is 2.29. The van der Waals surface area contributed by atoms with Gasteiger partial charge in [-0.3, -0.25) is 9.59 Å². The molecule has 1 fully saturated rings. The summed E-state index contributed by atoms with van der Waals surface area (Å²) in [6.45, 7) is 4.79. The summed E-state index contributed by atoms with van der Waals surface area (Å²) in [5, 5.41) is 6.37. The van der Waals surface area contributed by atoms with Gasteiger partial charge < -0.3 is 20.3 Å². The van der Waals surface area contributed by atoms with Crippen molar-refractivity contribution < 1.29 is 14.3 Å². The smallest absolute Gasteiger partial charge is 0.223 e. The number of hydrogen-bond acceptors (Lipinski definition) is 4. The zero-order chi connectivity index (χ0) is 25.9. The molecule has 1 aliphatic rings. The maximum atomic E-state index is 13.3. The second-order valence-corrected chi connectivity index (χ2v) is 9.41. The normalized spacial score (nSPS) is 15.3. The number of rotatable bonds is 11. The van der Waals surface area contributed by atoms with E-state index in [2.05, 4.69) is 22.8 Å². The van der Waals surface area contributed by atoms with Crippen molar-refractivity contribution in [1.29, 1.82) is 0 Å². The minimum Gasteiger partial charge on any atom is -0.457 e. The molecular weight excluding hydrogens is 462 g/mol. The molecule has 0 bridgehead atoms. The van der Waals surface area contributed by atoms with Crippen LogP contribution in [0.15, 0.2) is 78.9 Å². The van der Waals surface area contributed by atoms with Crippen LogP contribution in [0.5, 0.6) is 11.5 Å². The quantitative estimate of drug-likeness (QED) is 0.407. The van der Waals surface area contributed by atoms with Gasteiger partial charge in [-0.15, -0.1) is 0 Å². The third-order valence-corrected chi connectivity index (χ3v) is 6.80. The average molecular weight is 500 g/mol. The highest BCUT2D eigenvalue weighted by molar-refractivity contribution is 5.77. The highest BCUT2D eigenvalue weighted by atomic mass is 16.5. The molecule has 3 aromatic rings. The summed E-state index contributed by atoms with van der Waals surface area (Å²) in [6.07, 6.45) is 3.08. The molecule has 6 heteroatoms. The molecule has 1 unspecified atom stereocenters. The maximum absolute atomic E-state index is 13.3. The predicted molar refractivity (Wildman–Crippen MR) is 147 cm³/mol. The van der Waals surface area contributed by atoms with Crippen LogP contribution in [0.25, 0.3) is 0 Å². The van der Waals surface area contributed by atoms with E-state index in [1.165, 1.54) is 5.56 Å². The summed E-state index contributed by atoms with van der Waals surface area (Å²) in [7, 11) is 0. The number of carbonyl (C=O) groups is 2. The Bertz CT molecular complexity index is 1170. The van der Waals surface area contributed by atoms with Gasteiger partial charge in [0.25, 0.3) is 0 Å². The van der Waals surface area contributed by atoms with E-state index in [-0.39, 0.29) is 17.9 Å². The number of hydrogen-bond donors (Lipinski definition) is 2. The van der Waals surface area contributed by atoms with Gasteiger partial charge in [0, 0.05) is 45.1 Å². The third-order valence-electron chi connectivity index (χ3n) is 6.80. The van der Waals surface area contributed by atoms with Crippen molar-refractivity contribution in [3.05, 3.63) is 95.6 Å². The van der Waals surface area contributed by atoms with Crippen molar-refractivity contribution in [2.45, 2.75) is 45.1 Å². The first-order valence-electron chi connectivity index (χ1n) is 13.3. The van der Waals surface area contributed by atoms with Crippen molar-refractivity contribution >= 4 is 11.8 Å². The second kappa shape index (κ2) is 13.6. The van der Waals surface area contributed by atoms with Crippen LogP contribution in [-0.4, -0.2) is 48.9 Å². The molecule has 194 valence electrons. The van der Waals surface area contributed by atoms with Crippen LogP contribution in [0.3, 0.4) is 0 Å². The van der Waals surface area contributed by atoms with Gasteiger partial charge in [-0.2, -0.15) is 0 Å². The van der Waals surface area contributed by atoms with Gasteiger partial charge in [-0.1, -0.05) is 73.7 Å². The van der Waals surface area contributed by atoms with E-state index in [4.69, 9.17) is 4.74 Å². The molecule has 3 aromatic carbocycles. The molecule has 1 saturated heterocycles. The van der Waals surface area contributed by atoms with Crippen molar-refractivity contribution in [2.24, 2.45) is 0 Å². The van der Waals surface area contributed by atoms with E-state index >= 15 is 0 Å². The number of aryl methyl sites for hydroxylation is 1. The van der Waals surface area contributed by atoms with Crippen LogP contribution >= 0.6 is 0 Å². The number of amides is 2. The number of para-hydroxylation sites is 2. The van der Waals surface area contributed by atoms with E-state index in [0.717, 1.165) is 48.7 Å². The van der Waals surface area contributed by atoms with E-state index in [0.29, 0.717) is 32.2 Å². The summed E-state index contributed by atoms with van der Waals surface area (Å²) >= 11 is 0. The lowest BCUT2D eigenvalue weighted by molar-refractivity contribution is -0.134. The zero-order valence-corrected chi connectivity index (χ0v) is 21.6. The highest BCUT2D eigenvalue weighted by Gasteiger charge is 2.26. The molecule has 2 N–H and O–H groups in total. The minimum atomic E-state index is 0.0453. The summed E-state index contributed by atoms with van der Waals surface area (Å²) in [4.78, 5) is 27.0. The molecule has 37 heavy (non-hydrogen) atoms. The lowest BCUT2D eigenvalue weighted by Gasteiger charge is -2.36. The molecule has 0 saturated carbocycles. The van der Waals surface area contributed by atoms with Gasteiger partial charge in [0.05, 0.1) is 0 Å². The first kappa shape index (κ1) is 26.4. The Hall–Kier alpha value is -3.64. The van der Waals surface area contributed by atoms with Crippen LogP contribution in [0, 0.1) is 0 Å². The Labute approximate surface area is 220 Å². The van der Waals surface area contributed by atoms with E-state index in [9.17, 15) is 9.59 Å². The third kappa shape index (κ3) is 7.67. The lowest BCUT2D eigenvalue weighted by atomic mass is 10.0. The second-order valence-electron chi connectivity index (χ2n) is 9.41. The van der Waals surface area contributed by atoms with Gasteiger partial charge in [0.2, 0.25) is 11.8 Å². The molecule has 2 amide bonds. The van der Waals surface area contributed by atoms with Crippen molar-refractivity contribution in [3.8, 4) is 11.5 Å². The van der Waals surface area contributed by atoms with Gasteiger partial charge in [0.15, 0.2) is 0 Å². The van der Waals surface area contributed by atoms with E-state index < -0.39 is 0 Å². The molecule has 1 atom stereocenters. The fraction of sp³-hybridized carbons (Fsp3) is 0.355. The van der Waals surface area contributed by atoms with E-state index in [1.54, 1.807) is 0 Å². The van der Waals surface area contributed by atoms with Gasteiger partial charge in [0.1, 0.15) is 11.5 Å². The van der Waals surface area contributed by atoms with Crippen LogP contribution in [-0.2, 0) is 28.9 Å². The SMILES string of the molecule is CCC(=O)NCCc1ccccc1Oc1ccccc1CCC(=O)N1CCNCC1Cc1ccccc1. The van der Waals surface area contributed by atoms with Crippen LogP contribution in [0.1, 0.15) is 36.5 Å². The van der Waals surface area contributed by atoms with Crippen LogP contribution < -0.4 is 15.4 Å². The molecule has 4 rings (SSSR count). The first-order valence-corrected chi connectivity index (χ1v) is 13.3. The Morgan fingerprint density at radius 3 is 2.27 bits per heavy atom. The summed E-state index contributed by atoms with van der Waals surface area (Å²) in [5.41, 5.74) is 3.30. The number of ether oxygens (including phenoxy) is 1. The number of nitrogens with zero attached hydrogens (tertiary/aromatic N) is 1. The molecule has 0 radical (unpaired) electrons. The zero-order valence-electron chi connectivity index (χ0n) is 21.6. The molecule has 0 spiro atoms. The average Bonchev–Trinajstić information content (AvgIpc) is 2.94. The number of benzene rings is 3. The molecule has 0 aliphatic carbocycles. The van der Waals surface area contributed by atoms with Crippen LogP contribution in [0.4, 0.5) is 0 Å². The number of carbonyl (C=O) groups excluding carboxylic acids is 2. The fourth-order valence-electron chi connectivity index (χ4n) is 4.74. The Morgan fingerprint density at radius 1 is 0.919 bits per heavy atom. The maximum Gasteiger partial charge on any atom is 0.223 e. The van der Waals surface area contributed by atoms with Crippen molar-refractivity contribution in [2.75, 3.05) is 26.2 Å². The van der Waals surface area contributed by atoms with Gasteiger partial charge in [-0.25, -0.2) is 0 Å². The Kier molecular flexibility index (Phi) is 9.72. The lowest BCUT2D eigenvalue weighted by Crippen LogP contribution is -2.54. The first-order chi connectivity index (χ1) is 18.1. The molecule has 0 aromatic heterocycles. The predicted octanol–water partition coefficient (Wildman–Crippen LogP) is 4.52. The number of nitrogens with one attached hydrogen (secondary N) is 2. The molecule has 1 aliphatic heterocycles. The monoisotopic (exact) mass is 499 g/mol. The van der Waals surface area contributed by atoms with Crippen molar-refractivity contribution in [3.63, 3.8) is 0 Å². The number of piperazine rings is 1. The molecular formula is C31H37N3O3. The minimum absolute atomic E-state index is 0.0453. The fourth-order valence-corrected chi connectivity index (χ4v) is 4.74. The standard InChI is InChI=1S/C31H37N3O3/c1-2-30(35)33-19-18-26-13-7-9-15-29(26)37-28-14-8-6-12-25(28)16-17-31(36)34-21-20-32-23-27(34)22-24-10-4-3-5-11-24/h3-15,27,32H,2,16-23H2,1H3,(H,33,35). The van der Waals surface area contributed by atoms with Crippen LogP contribution in [0.2, 0.25) is 0 Å². The summed E-state index contributed by atoms with van der Waals surface area (Å²) in [5.74, 6) is 1.77. The Morgan fingerprint density at radius 2 is 1.57 bits per heavy atom. The largest absolute Gasteiger partial charge is 0.457 e. The molecule has 6 nitrogen and oxygen atoms in total. The summed E-state index contributed by atoms with van der Waals surface area (Å²) in [6, 6.07) is 26.4. The van der Waals surface area contributed by atoms with Gasteiger partial charge >= 0.3 is 0 Å². The van der Waals surface area contributed by atoms with Gasteiger partial charge in [-0.05, 0) is 48.1 Å². The summed E-state index contributed by atoms with van der Waals surface area (Å²) < 4.78 is 6.35. The van der Waals surface area contributed by atoms with Crippen molar-refractivity contribution in [1.82, 2.24) is 15.5 Å². The Balaban J connectivity index is 1.39. The molecule has 1 heterocycles. The van der Waals surface area contributed by atoms with E-state index in [1.807, 2.05) is 78.6 Å².